The van der Waals surface area contributed by atoms with Crippen LogP contribution in [0, 0.1) is 0 Å². The number of rotatable bonds is 2. The molecule has 0 radical (unpaired) electrons. The number of hydrogen-bond acceptors (Lipinski definition) is 3. The number of nitrogens with zero attached hydrogens (tertiary/aromatic N) is 1. The van der Waals surface area contributed by atoms with E-state index in [2.05, 4.69) is 0 Å². The average molecular weight is 227 g/mol. The lowest BCUT2D eigenvalue weighted by atomic mass is 10.2. The number of carbonyl (C=O) groups is 1. The molecule has 92 valence electrons. The van der Waals surface area contributed by atoms with Crippen molar-refractivity contribution in [3.05, 3.63) is 12.2 Å². The zero-order valence-electron chi connectivity index (χ0n) is 10.3. The zero-order valence-corrected chi connectivity index (χ0v) is 10.3. The number of hydrogen-bond donors (Lipinski definition) is 1. The molecule has 0 spiro atoms. The molecule has 0 aromatic carbocycles. The monoisotopic (exact) mass is 227 g/mol. The SMILES string of the molecule is CC(C)(C)OC(=O)N1CCC[C@@H]1/C=C/CO. The second-order valence-electron chi connectivity index (χ2n) is 4.99. The van der Waals surface area contributed by atoms with Crippen molar-refractivity contribution in [3.8, 4) is 0 Å². The third-order valence-electron chi connectivity index (χ3n) is 2.39. The lowest BCUT2D eigenvalue weighted by molar-refractivity contribution is 0.0255. The van der Waals surface area contributed by atoms with Gasteiger partial charge < -0.3 is 14.7 Å². The van der Waals surface area contributed by atoms with E-state index in [1.807, 2.05) is 26.8 Å². The molecule has 4 nitrogen and oxygen atoms in total. The molecule has 1 heterocycles. The molecule has 1 aliphatic rings. The normalized spacial score (nSPS) is 21.8. The van der Waals surface area contributed by atoms with Crippen molar-refractivity contribution in [2.75, 3.05) is 13.2 Å². The fraction of sp³-hybridized carbons (Fsp3) is 0.750. The van der Waals surface area contributed by atoms with Gasteiger partial charge in [0.05, 0.1) is 12.6 Å². The van der Waals surface area contributed by atoms with Gasteiger partial charge in [-0.25, -0.2) is 4.79 Å². The van der Waals surface area contributed by atoms with Crippen LogP contribution in [-0.2, 0) is 4.74 Å². The van der Waals surface area contributed by atoms with E-state index >= 15 is 0 Å². The largest absolute Gasteiger partial charge is 0.444 e. The molecule has 1 N–H and O–H groups in total. The second-order valence-corrected chi connectivity index (χ2v) is 4.99. The van der Waals surface area contributed by atoms with Crippen molar-refractivity contribution in [2.45, 2.75) is 45.3 Å². The summed E-state index contributed by atoms with van der Waals surface area (Å²) in [6.07, 6.45) is 5.21. The molecule has 0 aromatic heterocycles. The molecule has 0 unspecified atom stereocenters. The van der Waals surface area contributed by atoms with Gasteiger partial charge in [0.1, 0.15) is 5.60 Å². The van der Waals surface area contributed by atoms with E-state index in [0.717, 1.165) is 19.4 Å². The van der Waals surface area contributed by atoms with Gasteiger partial charge in [0.25, 0.3) is 0 Å². The Kier molecular flexibility index (Phi) is 4.35. The fourth-order valence-corrected chi connectivity index (χ4v) is 1.76. The van der Waals surface area contributed by atoms with Crippen LogP contribution in [0.1, 0.15) is 33.6 Å². The Balaban J connectivity index is 2.57. The molecular formula is C12H21NO3. The van der Waals surface area contributed by atoms with Crippen LogP contribution in [0.25, 0.3) is 0 Å². The van der Waals surface area contributed by atoms with E-state index < -0.39 is 5.60 Å². The standard InChI is InChI=1S/C12H21NO3/c1-12(2,3)16-11(15)13-8-4-6-10(13)7-5-9-14/h5,7,10,14H,4,6,8-9H2,1-3H3/b7-5+/t10-/m1/s1. The van der Waals surface area contributed by atoms with Gasteiger partial charge in [-0.05, 0) is 33.6 Å². The van der Waals surface area contributed by atoms with Crippen LogP contribution in [0.4, 0.5) is 4.79 Å². The minimum Gasteiger partial charge on any atom is -0.444 e. The summed E-state index contributed by atoms with van der Waals surface area (Å²) in [5.41, 5.74) is -0.453. The van der Waals surface area contributed by atoms with Gasteiger partial charge in [0.2, 0.25) is 0 Å². The van der Waals surface area contributed by atoms with Crippen molar-refractivity contribution in [1.29, 1.82) is 0 Å². The molecule has 0 saturated carbocycles. The molecule has 1 amide bonds. The summed E-state index contributed by atoms with van der Waals surface area (Å²) in [5, 5.41) is 8.72. The summed E-state index contributed by atoms with van der Waals surface area (Å²) >= 11 is 0. The van der Waals surface area contributed by atoms with Gasteiger partial charge in [-0.1, -0.05) is 12.2 Å². The Morgan fingerprint density at radius 2 is 2.25 bits per heavy atom. The van der Waals surface area contributed by atoms with Crippen LogP contribution in [0.5, 0.6) is 0 Å². The number of likely N-dealkylation sites (tertiary alicyclic amines) is 1. The first kappa shape index (κ1) is 13.0. The van der Waals surface area contributed by atoms with E-state index in [0.29, 0.717) is 0 Å². The van der Waals surface area contributed by atoms with E-state index in [1.54, 1.807) is 11.0 Å². The zero-order chi connectivity index (χ0) is 12.2. The molecule has 1 saturated heterocycles. The van der Waals surface area contributed by atoms with E-state index in [-0.39, 0.29) is 18.7 Å². The van der Waals surface area contributed by atoms with Gasteiger partial charge in [0.15, 0.2) is 0 Å². The number of ether oxygens (including phenoxy) is 1. The predicted octanol–water partition coefficient (Wildman–Crippen LogP) is 1.93. The first-order chi connectivity index (χ1) is 7.44. The maximum atomic E-state index is 11.8. The van der Waals surface area contributed by atoms with Crippen molar-refractivity contribution >= 4 is 6.09 Å². The van der Waals surface area contributed by atoms with E-state index in [1.165, 1.54) is 0 Å². The Morgan fingerprint density at radius 1 is 1.56 bits per heavy atom. The minimum absolute atomic E-state index is 0.0126. The highest BCUT2D eigenvalue weighted by atomic mass is 16.6. The van der Waals surface area contributed by atoms with Gasteiger partial charge in [0, 0.05) is 6.54 Å². The summed E-state index contributed by atoms with van der Waals surface area (Å²) in [6.45, 7) is 6.33. The Bertz CT molecular complexity index is 268. The van der Waals surface area contributed by atoms with Crippen molar-refractivity contribution in [2.24, 2.45) is 0 Å². The molecule has 16 heavy (non-hydrogen) atoms. The van der Waals surface area contributed by atoms with Crippen molar-refractivity contribution in [1.82, 2.24) is 4.90 Å². The smallest absolute Gasteiger partial charge is 0.410 e. The number of aliphatic hydroxyl groups excluding tert-OH is 1. The highest BCUT2D eigenvalue weighted by Crippen LogP contribution is 2.21. The summed E-state index contributed by atoms with van der Waals surface area (Å²) in [5.74, 6) is 0. The molecule has 0 bridgehead atoms. The molecule has 0 aliphatic carbocycles. The third kappa shape index (κ3) is 3.85. The summed E-state index contributed by atoms with van der Waals surface area (Å²) in [6, 6.07) is 0.0713. The molecule has 1 rings (SSSR count). The Hall–Kier alpha value is -1.03. The first-order valence-electron chi connectivity index (χ1n) is 5.71. The van der Waals surface area contributed by atoms with Crippen LogP contribution in [-0.4, -0.2) is 40.9 Å². The van der Waals surface area contributed by atoms with Gasteiger partial charge in [-0.2, -0.15) is 0 Å². The van der Waals surface area contributed by atoms with Crippen molar-refractivity contribution < 1.29 is 14.6 Å². The first-order valence-corrected chi connectivity index (χ1v) is 5.71. The minimum atomic E-state index is -0.453. The lowest BCUT2D eigenvalue weighted by Gasteiger charge is -2.27. The average Bonchev–Trinajstić information content (AvgIpc) is 2.59. The molecule has 1 fully saturated rings. The maximum Gasteiger partial charge on any atom is 0.410 e. The van der Waals surface area contributed by atoms with Gasteiger partial charge in [-0.15, -0.1) is 0 Å². The van der Waals surface area contributed by atoms with E-state index in [9.17, 15) is 4.79 Å². The highest BCUT2D eigenvalue weighted by molar-refractivity contribution is 5.69. The van der Waals surface area contributed by atoms with Crippen LogP contribution in [0.3, 0.4) is 0 Å². The number of carbonyl (C=O) groups excluding carboxylic acids is 1. The summed E-state index contributed by atoms with van der Waals surface area (Å²) in [7, 11) is 0. The molecular weight excluding hydrogens is 206 g/mol. The molecule has 4 heteroatoms. The van der Waals surface area contributed by atoms with Crippen LogP contribution in [0.15, 0.2) is 12.2 Å². The molecule has 1 atom stereocenters. The van der Waals surface area contributed by atoms with Gasteiger partial charge in [-0.3, -0.25) is 0 Å². The number of amides is 1. The molecule has 0 aromatic rings. The summed E-state index contributed by atoms with van der Waals surface area (Å²) in [4.78, 5) is 13.6. The molecule has 1 aliphatic heterocycles. The Morgan fingerprint density at radius 3 is 2.81 bits per heavy atom. The van der Waals surface area contributed by atoms with Crippen LogP contribution >= 0.6 is 0 Å². The third-order valence-corrected chi connectivity index (χ3v) is 2.39. The number of aliphatic hydroxyl groups is 1. The second kappa shape index (κ2) is 5.34. The fourth-order valence-electron chi connectivity index (χ4n) is 1.76. The lowest BCUT2D eigenvalue weighted by Crippen LogP contribution is -2.39. The predicted molar refractivity (Wildman–Crippen MR) is 62.2 cm³/mol. The summed E-state index contributed by atoms with van der Waals surface area (Å²) < 4.78 is 5.32. The highest BCUT2D eigenvalue weighted by Gasteiger charge is 2.30. The van der Waals surface area contributed by atoms with Gasteiger partial charge >= 0.3 is 6.09 Å². The van der Waals surface area contributed by atoms with Crippen LogP contribution in [0.2, 0.25) is 0 Å². The maximum absolute atomic E-state index is 11.8. The van der Waals surface area contributed by atoms with Crippen LogP contribution < -0.4 is 0 Å². The van der Waals surface area contributed by atoms with E-state index in [4.69, 9.17) is 9.84 Å². The quantitative estimate of drug-likeness (QED) is 0.733. The topological polar surface area (TPSA) is 49.8 Å². The Labute approximate surface area is 96.9 Å². The van der Waals surface area contributed by atoms with Crippen molar-refractivity contribution in [3.63, 3.8) is 0 Å².